The normalized spacial score (nSPS) is 15.9. The van der Waals surface area contributed by atoms with Gasteiger partial charge in [-0.05, 0) is 67.1 Å². The summed E-state index contributed by atoms with van der Waals surface area (Å²) in [5.74, 6) is -0.902. The van der Waals surface area contributed by atoms with Crippen molar-refractivity contribution in [1.29, 1.82) is 0 Å². The predicted octanol–water partition coefficient (Wildman–Crippen LogP) is 6.99. The van der Waals surface area contributed by atoms with Gasteiger partial charge in [0.15, 0.2) is 5.75 Å². The first-order chi connectivity index (χ1) is 20.8. The maximum Gasteiger partial charge on any atom is 0.410 e. The molecule has 2 heterocycles. The van der Waals surface area contributed by atoms with Crippen molar-refractivity contribution >= 4 is 23.0 Å². The van der Waals surface area contributed by atoms with Crippen LogP contribution in [0, 0.1) is 0 Å². The van der Waals surface area contributed by atoms with Crippen molar-refractivity contribution in [3.63, 3.8) is 0 Å². The summed E-state index contributed by atoms with van der Waals surface area (Å²) < 4.78 is 45.2. The first-order valence-electron chi connectivity index (χ1n) is 14.2. The molecular weight excluding hydrogens is 558 g/mol. The maximum absolute atomic E-state index is 13.9. The van der Waals surface area contributed by atoms with Crippen molar-refractivity contribution in [2.45, 2.75) is 58.5 Å². The largest absolute Gasteiger partial charge is 0.462 e. The number of aromatic nitrogens is 1. The van der Waals surface area contributed by atoms with E-state index in [-0.39, 0.29) is 54.1 Å². The Morgan fingerprint density at radius 2 is 1.79 bits per heavy atom. The number of carbonyl (C=O) groups is 2. The summed E-state index contributed by atoms with van der Waals surface area (Å²) in [5, 5.41) is 0.0963. The lowest BCUT2D eigenvalue weighted by molar-refractivity contribution is -0.0486. The fraction of sp³-hybridized carbons (Fsp3) is 0.303. The Kier molecular flexibility index (Phi) is 7.60. The summed E-state index contributed by atoms with van der Waals surface area (Å²) in [6, 6.07) is 17.7. The molecule has 1 aliphatic carbocycles. The van der Waals surface area contributed by atoms with Gasteiger partial charge in [0.2, 0.25) is 5.43 Å². The van der Waals surface area contributed by atoms with Gasteiger partial charge in [-0.15, -0.1) is 0 Å². The van der Waals surface area contributed by atoms with E-state index in [9.17, 15) is 23.2 Å². The van der Waals surface area contributed by atoms with E-state index in [1.54, 1.807) is 28.5 Å². The number of hydrogen-bond acceptors (Lipinski definition) is 6. The minimum Gasteiger partial charge on any atom is -0.462 e. The number of alkyl halides is 2. The van der Waals surface area contributed by atoms with Crippen LogP contribution in [0.5, 0.6) is 5.75 Å². The Hall–Kier alpha value is -4.73. The summed E-state index contributed by atoms with van der Waals surface area (Å²) in [6.45, 7) is 0.928. The highest BCUT2D eigenvalue weighted by Gasteiger charge is 2.33. The minimum absolute atomic E-state index is 0.0668. The molecule has 0 radical (unpaired) electrons. The van der Waals surface area contributed by atoms with Crippen molar-refractivity contribution in [3.05, 3.63) is 99.3 Å². The number of hydrogen-bond donors (Lipinski definition) is 0. The summed E-state index contributed by atoms with van der Waals surface area (Å²) in [5.41, 5.74) is 3.06. The Labute approximate surface area is 246 Å². The molecular formula is C33H30F2N2O6. The third-order valence-electron chi connectivity index (χ3n) is 7.94. The molecule has 8 nitrogen and oxygen atoms in total. The van der Waals surface area contributed by atoms with Crippen LogP contribution in [0.4, 0.5) is 13.6 Å². The molecule has 43 heavy (non-hydrogen) atoms. The Morgan fingerprint density at radius 1 is 1.02 bits per heavy atom. The van der Waals surface area contributed by atoms with Crippen molar-refractivity contribution in [2.24, 2.45) is 0 Å². The molecule has 2 aliphatic rings. The zero-order valence-corrected chi connectivity index (χ0v) is 23.7. The van der Waals surface area contributed by atoms with E-state index >= 15 is 0 Å². The highest BCUT2D eigenvalue weighted by Crippen LogP contribution is 2.44. The number of fused-ring (bicyclic) bond motifs is 2. The Bertz CT molecular complexity index is 1770. The van der Waals surface area contributed by atoms with Crippen LogP contribution < -0.4 is 10.2 Å². The smallest absolute Gasteiger partial charge is 0.410 e. The lowest BCUT2D eigenvalue weighted by Crippen LogP contribution is -2.28. The lowest BCUT2D eigenvalue weighted by Gasteiger charge is -2.21. The van der Waals surface area contributed by atoms with Gasteiger partial charge in [0.05, 0.1) is 23.6 Å². The standard InChI is InChI=1S/C33H30F2N2O6/c1-3-41-31(39)27-17-37(23-10-11-23)28-26(29(27)38)14-13-25(30(28)43-32(34)35)21-9-12-24-19(2)36(16-22(24)15-21)33(40)42-18-20-7-5-4-6-8-20/h4-9,12-15,17,19,23,32H,3,10-11,16,18H2,1-2H3/t19-/m1/s1. The molecule has 1 aliphatic heterocycles. The fourth-order valence-corrected chi connectivity index (χ4v) is 5.68. The van der Waals surface area contributed by atoms with Gasteiger partial charge in [-0.1, -0.05) is 42.5 Å². The third kappa shape index (κ3) is 5.45. The van der Waals surface area contributed by atoms with Gasteiger partial charge in [-0.25, -0.2) is 9.59 Å². The van der Waals surface area contributed by atoms with Gasteiger partial charge in [0, 0.05) is 24.3 Å². The molecule has 0 spiro atoms. The molecule has 1 fully saturated rings. The van der Waals surface area contributed by atoms with E-state index in [0.717, 1.165) is 29.5 Å². The molecule has 1 atom stereocenters. The second-order valence-corrected chi connectivity index (χ2v) is 10.7. The van der Waals surface area contributed by atoms with Crippen LogP contribution in [0.25, 0.3) is 22.0 Å². The molecule has 1 amide bonds. The number of halogens is 2. The van der Waals surface area contributed by atoms with E-state index in [0.29, 0.717) is 11.1 Å². The number of pyridine rings is 1. The van der Waals surface area contributed by atoms with Crippen LogP contribution in [0.2, 0.25) is 0 Å². The highest BCUT2D eigenvalue weighted by atomic mass is 19.3. The summed E-state index contributed by atoms with van der Waals surface area (Å²) in [6.07, 6.45) is 2.48. The van der Waals surface area contributed by atoms with Gasteiger partial charge in [0.25, 0.3) is 0 Å². The van der Waals surface area contributed by atoms with Crippen LogP contribution in [0.3, 0.4) is 0 Å². The second-order valence-electron chi connectivity index (χ2n) is 10.7. The van der Waals surface area contributed by atoms with E-state index in [1.807, 2.05) is 49.4 Å². The number of benzene rings is 3. The first kappa shape index (κ1) is 28.4. The molecule has 6 rings (SSSR count). The van der Waals surface area contributed by atoms with Gasteiger partial charge < -0.3 is 18.8 Å². The van der Waals surface area contributed by atoms with Gasteiger partial charge in [0.1, 0.15) is 12.2 Å². The topological polar surface area (TPSA) is 87.1 Å². The number of carbonyl (C=O) groups excluding carboxylic acids is 2. The van der Waals surface area contributed by atoms with Crippen molar-refractivity contribution < 1.29 is 32.6 Å². The molecule has 222 valence electrons. The number of esters is 1. The van der Waals surface area contributed by atoms with Gasteiger partial charge in [-0.2, -0.15) is 8.78 Å². The summed E-state index contributed by atoms with van der Waals surface area (Å²) in [7, 11) is 0. The van der Waals surface area contributed by atoms with Crippen molar-refractivity contribution in [2.75, 3.05) is 6.61 Å². The molecule has 4 aromatic rings. The SMILES string of the molecule is CCOC(=O)c1cn(C2CC2)c2c(OC(F)F)c(-c3ccc4c(c3)CN(C(=O)OCc3ccccc3)[C@@H]4C)ccc2c1=O. The van der Waals surface area contributed by atoms with Crippen molar-refractivity contribution in [3.8, 4) is 16.9 Å². The number of rotatable bonds is 8. The number of amides is 1. The van der Waals surface area contributed by atoms with Crippen LogP contribution in [0.1, 0.15) is 65.8 Å². The predicted molar refractivity (Wildman–Crippen MR) is 155 cm³/mol. The third-order valence-corrected chi connectivity index (χ3v) is 7.94. The molecule has 0 bridgehead atoms. The average molecular weight is 589 g/mol. The lowest BCUT2D eigenvalue weighted by atomic mass is 9.96. The Morgan fingerprint density at radius 3 is 2.49 bits per heavy atom. The monoisotopic (exact) mass is 588 g/mol. The van der Waals surface area contributed by atoms with Gasteiger partial charge in [-0.3, -0.25) is 9.69 Å². The zero-order chi connectivity index (χ0) is 30.2. The molecule has 1 aromatic heterocycles. The van der Waals surface area contributed by atoms with E-state index in [4.69, 9.17) is 14.2 Å². The number of nitrogens with zero attached hydrogens (tertiary/aromatic N) is 2. The van der Waals surface area contributed by atoms with E-state index < -0.39 is 24.1 Å². The fourth-order valence-electron chi connectivity index (χ4n) is 5.68. The summed E-state index contributed by atoms with van der Waals surface area (Å²) in [4.78, 5) is 40.5. The molecule has 0 unspecified atom stereocenters. The summed E-state index contributed by atoms with van der Waals surface area (Å²) >= 11 is 0. The maximum atomic E-state index is 13.9. The average Bonchev–Trinajstić information content (AvgIpc) is 3.79. The Balaban J connectivity index is 1.38. The van der Waals surface area contributed by atoms with Crippen LogP contribution >= 0.6 is 0 Å². The van der Waals surface area contributed by atoms with Gasteiger partial charge >= 0.3 is 18.7 Å². The first-order valence-corrected chi connectivity index (χ1v) is 14.2. The highest BCUT2D eigenvalue weighted by molar-refractivity contribution is 5.98. The van der Waals surface area contributed by atoms with E-state index in [1.165, 1.54) is 12.3 Å². The second kappa shape index (κ2) is 11.5. The molecule has 10 heteroatoms. The quantitative estimate of drug-likeness (QED) is 0.206. The zero-order valence-electron chi connectivity index (χ0n) is 23.7. The number of ether oxygens (including phenoxy) is 3. The van der Waals surface area contributed by atoms with Crippen LogP contribution in [-0.4, -0.2) is 34.7 Å². The molecule has 0 N–H and O–H groups in total. The molecule has 3 aromatic carbocycles. The van der Waals surface area contributed by atoms with Crippen molar-refractivity contribution in [1.82, 2.24) is 9.47 Å². The van der Waals surface area contributed by atoms with Crippen LogP contribution in [0.15, 0.2) is 71.7 Å². The van der Waals surface area contributed by atoms with E-state index in [2.05, 4.69) is 0 Å². The van der Waals surface area contributed by atoms with Crippen LogP contribution in [-0.2, 0) is 22.6 Å². The minimum atomic E-state index is -3.15. The molecule has 0 saturated heterocycles. The molecule has 1 saturated carbocycles.